The van der Waals surface area contributed by atoms with E-state index in [1.807, 2.05) is 0 Å². The number of alkyl halides is 3. The molecule has 1 saturated carbocycles. The summed E-state index contributed by atoms with van der Waals surface area (Å²) in [6.45, 7) is 0. The van der Waals surface area contributed by atoms with Crippen LogP contribution < -0.4 is 11.1 Å². The van der Waals surface area contributed by atoms with E-state index in [0.29, 0.717) is 11.6 Å². The first-order valence-electron chi connectivity index (χ1n) is 6.25. The Labute approximate surface area is 119 Å². The summed E-state index contributed by atoms with van der Waals surface area (Å²) in [6.07, 6.45) is 2.37. The molecule has 0 bridgehead atoms. The molecular weight excluding hydrogens is 289 g/mol. The highest BCUT2D eigenvalue weighted by Crippen LogP contribution is 2.37. The predicted octanol–water partition coefficient (Wildman–Crippen LogP) is 3.36. The molecule has 0 radical (unpaired) electrons. The third kappa shape index (κ3) is 5.05. The second kappa shape index (κ2) is 6.05. The topological polar surface area (TPSA) is 55.1 Å². The Morgan fingerprint density at radius 3 is 2.45 bits per heavy atom. The zero-order valence-electron chi connectivity index (χ0n) is 10.6. The lowest BCUT2D eigenvalue weighted by Gasteiger charge is -2.11. The molecule has 1 aliphatic rings. The summed E-state index contributed by atoms with van der Waals surface area (Å²) in [5, 5.41) is 2.64. The molecule has 1 aliphatic carbocycles. The van der Waals surface area contributed by atoms with Crippen molar-refractivity contribution in [2.24, 2.45) is 11.7 Å². The maximum Gasteiger partial charge on any atom is 0.446 e. The van der Waals surface area contributed by atoms with Crippen molar-refractivity contribution in [1.82, 2.24) is 0 Å². The van der Waals surface area contributed by atoms with Gasteiger partial charge in [0.25, 0.3) is 0 Å². The summed E-state index contributed by atoms with van der Waals surface area (Å²) in [6, 6.07) is 5.43. The summed E-state index contributed by atoms with van der Waals surface area (Å²) in [7, 11) is 0. The summed E-state index contributed by atoms with van der Waals surface area (Å²) >= 11 is -0.182. The van der Waals surface area contributed by atoms with Crippen LogP contribution in [0, 0.1) is 5.92 Å². The molecule has 0 aliphatic heterocycles. The molecule has 0 heterocycles. The molecule has 0 spiro atoms. The number of hydrogen-bond acceptors (Lipinski definition) is 3. The summed E-state index contributed by atoms with van der Waals surface area (Å²) in [4.78, 5) is 11.8. The molecule has 1 aromatic rings. The van der Waals surface area contributed by atoms with Gasteiger partial charge in [-0.25, -0.2) is 0 Å². The molecule has 3 N–H and O–H groups in total. The van der Waals surface area contributed by atoms with Crippen LogP contribution in [-0.2, 0) is 4.79 Å². The van der Waals surface area contributed by atoms with Crippen LogP contribution in [0.2, 0.25) is 0 Å². The van der Waals surface area contributed by atoms with E-state index >= 15 is 0 Å². The summed E-state index contributed by atoms with van der Waals surface area (Å²) in [5.41, 5.74) is 2.01. The highest BCUT2D eigenvalue weighted by atomic mass is 32.2. The highest BCUT2D eigenvalue weighted by molar-refractivity contribution is 8.00. The quantitative estimate of drug-likeness (QED) is 0.820. The minimum atomic E-state index is -4.30. The first-order valence-corrected chi connectivity index (χ1v) is 7.06. The molecular formula is C13H15F3N2OS. The summed E-state index contributed by atoms with van der Waals surface area (Å²) in [5.74, 6) is 0.229. The lowest BCUT2D eigenvalue weighted by atomic mass is 10.1. The minimum absolute atomic E-state index is 0.0881. The Kier molecular flexibility index (Phi) is 4.59. The molecule has 20 heavy (non-hydrogen) atoms. The van der Waals surface area contributed by atoms with Crippen molar-refractivity contribution in [3.8, 4) is 0 Å². The van der Waals surface area contributed by atoms with Crippen molar-refractivity contribution in [3.05, 3.63) is 24.3 Å². The van der Waals surface area contributed by atoms with Crippen LogP contribution >= 0.6 is 11.8 Å². The molecule has 1 amide bonds. The van der Waals surface area contributed by atoms with Crippen molar-refractivity contribution in [2.45, 2.75) is 35.7 Å². The smallest absolute Gasteiger partial charge is 0.327 e. The van der Waals surface area contributed by atoms with Crippen LogP contribution in [0.25, 0.3) is 0 Å². The monoisotopic (exact) mass is 304 g/mol. The van der Waals surface area contributed by atoms with E-state index in [0.717, 1.165) is 12.8 Å². The van der Waals surface area contributed by atoms with Crippen LogP contribution in [0.5, 0.6) is 0 Å². The number of benzene rings is 1. The fourth-order valence-corrected chi connectivity index (χ4v) is 2.40. The van der Waals surface area contributed by atoms with E-state index in [9.17, 15) is 18.0 Å². The standard InChI is InChI=1S/C13H15F3N2OS/c14-13(15,16)20-10-5-3-9(4-6-10)18-12(19)7-11(17)8-1-2-8/h3-6,8,11H,1-2,7,17H2,(H,18,19). The fraction of sp³-hybridized carbons (Fsp3) is 0.462. The average molecular weight is 304 g/mol. The van der Waals surface area contributed by atoms with Gasteiger partial charge < -0.3 is 11.1 Å². The van der Waals surface area contributed by atoms with Gasteiger partial charge in [0.05, 0.1) is 0 Å². The van der Waals surface area contributed by atoms with E-state index in [2.05, 4.69) is 5.32 Å². The van der Waals surface area contributed by atoms with E-state index in [1.165, 1.54) is 24.3 Å². The Balaban J connectivity index is 1.85. The maximum atomic E-state index is 12.2. The number of nitrogens with one attached hydrogen (secondary N) is 1. The third-order valence-electron chi connectivity index (χ3n) is 3.02. The molecule has 1 unspecified atom stereocenters. The van der Waals surface area contributed by atoms with Gasteiger partial charge in [-0.1, -0.05) is 0 Å². The first kappa shape index (κ1) is 15.2. The van der Waals surface area contributed by atoms with Crippen molar-refractivity contribution in [3.63, 3.8) is 0 Å². The Morgan fingerprint density at radius 2 is 1.95 bits per heavy atom. The van der Waals surface area contributed by atoms with Gasteiger partial charge in [-0.15, -0.1) is 0 Å². The van der Waals surface area contributed by atoms with Crippen molar-refractivity contribution in [2.75, 3.05) is 5.32 Å². The van der Waals surface area contributed by atoms with Crippen LogP contribution in [0.4, 0.5) is 18.9 Å². The zero-order chi connectivity index (χ0) is 14.8. The van der Waals surface area contributed by atoms with Crippen LogP contribution in [0.1, 0.15) is 19.3 Å². The number of rotatable bonds is 5. The average Bonchev–Trinajstić information content (AvgIpc) is 3.13. The number of carbonyl (C=O) groups is 1. The van der Waals surface area contributed by atoms with Crippen molar-refractivity contribution < 1.29 is 18.0 Å². The van der Waals surface area contributed by atoms with Crippen LogP contribution in [-0.4, -0.2) is 17.5 Å². The van der Waals surface area contributed by atoms with Crippen LogP contribution in [0.15, 0.2) is 29.2 Å². The van der Waals surface area contributed by atoms with E-state index in [4.69, 9.17) is 5.73 Å². The van der Waals surface area contributed by atoms with Gasteiger partial charge in [-0.05, 0) is 54.8 Å². The number of hydrogen-bond donors (Lipinski definition) is 2. The maximum absolute atomic E-state index is 12.2. The van der Waals surface area contributed by atoms with E-state index in [-0.39, 0.29) is 35.0 Å². The molecule has 1 aromatic carbocycles. The van der Waals surface area contributed by atoms with E-state index < -0.39 is 5.51 Å². The van der Waals surface area contributed by atoms with Gasteiger partial charge in [0, 0.05) is 23.0 Å². The Morgan fingerprint density at radius 1 is 1.35 bits per heavy atom. The molecule has 1 atom stereocenters. The number of thioether (sulfide) groups is 1. The Bertz CT molecular complexity index is 471. The Hall–Kier alpha value is -1.21. The highest BCUT2D eigenvalue weighted by Gasteiger charge is 2.30. The van der Waals surface area contributed by atoms with Gasteiger partial charge in [0.15, 0.2) is 0 Å². The molecule has 7 heteroatoms. The largest absolute Gasteiger partial charge is 0.446 e. The second-order valence-electron chi connectivity index (χ2n) is 4.83. The lowest BCUT2D eigenvalue weighted by Crippen LogP contribution is -2.28. The van der Waals surface area contributed by atoms with Gasteiger partial charge in [-0.2, -0.15) is 13.2 Å². The van der Waals surface area contributed by atoms with Crippen molar-refractivity contribution >= 4 is 23.4 Å². The number of amides is 1. The second-order valence-corrected chi connectivity index (χ2v) is 5.96. The number of anilines is 1. The molecule has 110 valence electrons. The third-order valence-corrected chi connectivity index (χ3v) is 3.76. The minimum Gasteiger partial charge on any atom is -0.327 e. The predicted molar refractivity (Wildman–Crippen MR) is 72.3 cm³/mol. The molecule has 2 rings (SSSR count). The molecule has 3 nitrogen and oxygen atoms in total. The van der Waals surface area contributed by atoms with Gasteiger partial charge in [0.1, 0.15) is 0 Å². The van der Waals surface area contributed by atoms with Gasteiger partial charge in [-0.3, -0.25) is 4.79 Å². The zero-order valence-corrected chi connectivity index (χ0v) is 11.4. The molecule has 1 fully saturated rings. The normalized spacial score (nSPS) is 16.8. The van der Waals surface area contributed by atoms with Crippen LogP contribution in [0.3, 0.4) is 0 Å². The molecule has 0 aromatic heterocycles. The van der Waals surface area contributed by atoms with E-state index in [1.54, 1.807) is 0 Å². The SMILES string of the molecule is NC(CC(=O)Nc1ccc(SC(F)(F)F)cc1)C1CC1. The van der Waals surface area contributed by atoms with Crippen molar-refractivity contribution in [1.29, 1.82) is 0 Å². The fourth-order valence-electron chi connectivity index (χ4n) is 1.86. The molecule has 0 saturated heterocycles. The van der Waals surface area contributed by atoms with Gasteiger partial charge >= 0.3 is 5.51 Å². The lowest BCUT2D eigenvalue weighted by molar-refractivity contribution is -0.116. The number of halogens is 3. The number of nitrogens with two attached hydrogens (primary N) is 1. The number of carbonyl (C=O) groups excluding carboxylic acids is 1. The summed E-state index contributed by atoms with van der Waals surface area (Å²) < 4.78 is 36.5. The van der Waals surface area contributed by atoms with Gasteiger partial charge in [0.2, 0.25) is 5.91 Å². The first-order chi connectivity index (χ1) is 9.33.